The fraction of sp³-hybridized carbons (Fsp3) is 0.500. The first-order chi connectivity index (χ1) is 9.19. The van der Waals surface area contributed by atoms with Gasteiger partial charge in [-0.05, 0) is 24.1 Å². The number of nitrogens with zero attached hydrogens (tertiary/aromatic N) is 1. The lowest BCUT2D eigenvalue weighted by molar-refractivity contribution is -0.384. The van der Waals surface area contributed by atoms with E-state index in [0.29, 0.717) is 5.56 Å². The van der Waals surface area contributed by atoms with E-state index >= 15 is 0 Å². The van der Waals surface area contributed by atoms with Crippen LogP contribution in [0.5, 0.6) is 0 Å². The number of alkyl halides is 1. The molecule has 0 aromatic heterocycles. The Kier molecular flexibility index (Phi) is 5.28. The Bertz CT molecular complexity index is 586. The van der Waals surface area contributed by atoms with Crippen molar-refractivity contribution in [2.24, 2.45) is 0 Å². The van der Waals surface area contributed by atoms with E-state index in [-0.39, 0.29) is 17.9 Å². The highest BCUT2D eigenvalue weighted by Gasteiger charge is 2.45. The van der Waals surface area contributed by atoms with Crippen LogP contribution in [0.15, 0.2) is 24.3 Å². The predicted octanol–water partition coefficient (Wildman–Crippen LogP) is 2.56. The smallest absolute Gasteiger partial charge is 0.269 e. The van der Waals surface area contributed by atoms with Gasteiger partial charge < -0.3 is 5.11 Å². The van der Waals surface area contributed by atoms with Crippen LogP contribution in [0, 0.1) is 10.1 Å². The molecule has 112 valence electrons. The highest BCUT2D eigenvalue weighted by Crippen LogP contribution is 2.42. The summed E-state index contributed by atoms with van der Waals surface area (Å²) in [6.45, 7) is 3.15. The number of hydrogen-bond acceptors (Lipinski definition) is 5. The van der Waals surface area contributed by atoms with Gasteiger partial charge in [-0.3, -0.25) is 10.1 Å². The van der Waals surface area contributed by atoms with E-state index in [9.17, 15) is 23.6 Å². The first kappa shape index (κ1) is 17.1. The summed E-state index contributed by atoms with van der Waals surface area (Å²) in [5.41, 5.74) is 0.197. The fourth-order valence-corrected chi connectivity index (χ4v) is 4.20. The van der Waals surface area contributed by atoms with Crippen LogP contribution in [0.2, 0.25) is 0 Å². The van der Waals surface area contributed by atoms with Crippen molar-refractivity contribution in [1.82, 2.24) is 0 Å². The number of nitro groups is 1. The van der Waals surface area contributed by atoms with Gasteiger partial charge in [-0.25, -0.2) is 8.42 Å². The number of non-ortho nitro benzene ring substituents is 1. The second-order valence-electron chi connectivity index (χ2n) is 4.29. The number of aliphatic hydroxyl groups excluding tert-OH is 1. The van der Waals surface area contributed by atoms with E-state index in [1.165, 1.54) is 31.2 Å². The van der Waals surface area contributed by atoms with Gasteiger partial charge in [-0.1, -0.05) is 29.8 Å². The maximum atomic E-state index is 12.1. The van der Waals surface area contributed by atoms with E-state index in [1.807, 2.05) is 0 Å². The lowest BCUT2D eigenvalue weighted by Gasteiger charge is -2.31. The normalized spacial score (nSPS) is 16.4. The van der Waals surface area contributed by atoms with Crippen LogP contribution in [-0.4, -0.2) is 27.9 Å². The lowest BCUT2D eigenvalue weighted by atomic mass is 10.0. The average molecular weight is 366 g/mol. The van der Waals surface area contributed by atoms with Gasteiger partial charge >= 0.3 is 0 Å². The maximum Gasteiger partial charge on any atom is 0.269 e. The summed E-state index contributed by atoms with van der Waals surface area (Å²) in [6, 6.07) is 5.19. The molecular formula is C12H16BrNO5S. The van der Waals surface area contributed by atoms with Crippen LogP contribution < -0.4 is 0 Å². The molecule has 20 heavy (non-hydrogen) atoms. The Morgan fingerprint density at radius 1 is 1.35 bits per heavy atom. The third-order valence-corrected chi connectivity index (χ3v) is 7.99. The lowest BCUT2D eigenvalue weighted by Crippen LogP contribution is -2.39. The fourth-order valence-electron chi connectivity index (χ4n) is 1.85. The summed E-state index contributed by atoms with van der Waals surface area (Å²) in [5, 5.41) is 20.9. The van der Waals surface area contributed by atoms with Gasteiger partial charge in [0.15, 0.2) is 13.5 Å². The molecule has 0 amide bonds. The molecule has 0 aliphatic rings. The number of hydrogen-bond donors (Lipinski definition) is 1. The molecule has 8 heteroatoms. The van der Waals surface area contributed by atoms with Gasteiger partial charge in [0.25, 0.3) is 5.69 Å². The Balaban J connectivity index is 3.21. The summed E-state index contributed by atoms with van der Waals surface area (Å²) in [4.78, 5) is 10.0. The highest BCUT2D eigenvalue weighted by atomic mass is 79.9. The van der Waals surface area contributed by atoms with Crippen LogP contribution in [0.1, 0.15) is 31.9 Å². The van der Waals surface area contributed by atoms with Crippen LogP contribution in [0.4, 0.5) is 5.69 Å². The third-order valence-electron chi connectivity index (χ3n) is 3.21. The van der Waals surface area contributed by atoms with Crippen molar-refractivity contribution in [3.05, 3.63) is 39.9 Å². The number of aliphatic hydroxyl groups is 1. The molecule has 0 saturated carbocycles. The molecule has 0 aliphatic heterocycles. The highest BCUT2D eigenvalue weighted by molar-refractivity contribution is 9.11. The Morgan fingerprint density at radius 2 is 1.85 bits per heavy atom. The largest absolute Gasteiger partial charge is 0.386 e. The second kappa shape index (κ2) is 6.19. The molecule has 1 aromatic rings. The van der Waals surface area contributed by atoms with Crippen LogP contribution >= 0.6 is 15.9 Å². The molecular weight excluding hydrogens is 350 g/mol. The zero-order valence-corrected chi connectivity index (χ0v) is 13.5. The maximum absolute atomic E-state index is 12.1. The first-order valence-electron chi connectivity index (χ1n) is 6.03. The molecule has 0 aliphatic carbocycles. The molecule has 0 unspecified atom stereocenters. The molecule has 1 rings (SSSR count). The second-order valence-corrected chi connectivity index (χ2v) is 8.77. The summed E-state index contributed by atoms with van der Waals surface area (Å²) in [6.07, 6.45) is -1.14. The minimum Gasteiger partial charge on any atom is -0.386 e. The van der Waals surface area contributed by atoms with Crippen LogP contribution in [-0.2, 0) is 9.84 Å². The molecule has 0 bridgehead atoms. The quantitative estimate of drug-likeness (QED) is 0.474. The standard InChI is InChI=1S/C12H16BrNO5S/c1-3-12(13,20(18,19)4-2)11(15)9-5-7-10(8-6-9)14(16)17/h5-8,11,15H,3-4H2,1-2H3/t11-,12-/m0/s1. The molecule has 6 nitrogen and oxygen atoms in total. The van der Waals surface area contributed by atoms with E-state index in [0.717, 1.165) is 0 Å². The molecule has 0 saturated heterocycles. The Labute approximate surface area is 126 Å². The molecule has 0 fully saturated rings. The van der Waals surface area contributed by atoms with Gasteiger partial charge in [0.05, 0.1) is 4.92 Å². The molecule has 0 heterocycles. The Hall–Kier alpha value is -0.990. The topological polar surface area (TPSA) is 97.5 Å². The summed E-state index contributed by atoms with van der Waals surface area (Å²) in [7, 11) is -3.55. The number of nitro benzene ring substituents is 1. The van der Waals surface area contributed by atoms with Gasteiger partial charge in [-0.15, -0.1) is 0 Å². The summed E-state index contributed by atoms with van der Waals surface area (Å²) in [5.74, 6) is -0.115. The number of sulfone groups is 1. The van der Waals surface area contributed by atoms with Gasteiger partial charge in [0, 0.05) is 17.9 Å². The molecule has 1 aromatic carbocycles. The Morgan fingerprint density at radius 3 is 2.20 bits per heavy atom. The molecule has 0 spiro atoms. The van der Waals surface area contributed by atoms with Crippen LogP contribution in [0.25, 0.3) is 0 Å². The van der Waals surface area contributed by atoms with Gasteiger partial charge in [-0.2, -0.15) is 0 Å². The summed E-state index contributed by atoms with van der Waals surface area (Å²) >= 11 is 3.14. The van der Waals surface area contributed by atoms with Crippen LogP contribution in [0.3, 0.4) is 0 Å². The van der Waals surface area contributed by atoms with Gasteiger partial charge in [0.2, 0.25) is 0 Å². The number of halogens is 1. The van der Waals surface area contributed by atoms with Crippen molar-refractivity contribution in [3.63, 3.8) is 0 Å². The molecule has 1 N–H and O–H groups in total. The van der Waals surface area contributed by atoms with E-state index < -0.39 is 24.5 Å². The van der Waals surface area contributed by atoms with Crippen molar-refractivity contribution in [2.75, 3.05) is 5.75 Å². The van der Waals surface area contributed by atoms with Crippen molar-refractivity contribution in [1.29, 1.82) is 0 Å². The zero-order valence-electron chi connectivity index (χ0n) is 11.1. The van der Waals surface area contributed by atoms with E-state index in [1.54, 1.807) is 6.92 Å². The monoisotopic (exact) mass is 365 g/mol. The number of benzene rings is 1. The minimum absolute atomic E-state index is 0.115. The van der Waals surface area contributed by atoms with Gasteiger partial charge in [0.1, 0.15) is 6.10 Å². The zero-order chi connectivity index (χ0) is 15.6. The average Bonchev–Trinajstić information content (AvgIpc) is 2.45. The first-order valence-corrected chi connectivity index (χ1v) is 8.47. The molecule has 2 atom stereocenters. The van der Waals surface area contributed by atoms with Crippen molar-refractivity contribution >= 4 is 31.5 Å². The molecule has 0 radical (unpaired) electrons. The minimum atomic E-state index is -3.55. The van der Waals surface area contributed by atoms with Crippen molar-refractivity contribution in [3.8, 4) is 0 Å². The number of rotatable bonds is 6. The van der Waals surface area contributed by atoms with E-state index in [4.69, 9.17) is 0 Å². The predicted molar refractivity (Wildman–Crippen MR) is 79.5 cm³/mol. The van der Waals surface area contributed by atoms with Crippen molar-refractivity contribution < 1.29 is 18.4 Å². The van der Waals surface area contributed by atoms with Crippen molar-refractivity contribution in [2.45, 2.75) is 30.0 Å². The summed E-state index contributed by atoms with van der Waals surface area (Å²) < 4.78 is 22.8. The third kappa shape index (κ3) is 3.02. The van der Waals surface area contributed by atoms with E-state index in [2.05, 4.69) is 15.9 Å². The SMILES string of the molecule is CC[C@@](Br)([C@@H](O)c1ccc([N+](=O)[O-])cc1)S(=O)(=O)CC.